The van der Waals surface area contributed by atoms with Crippen molar-refractivity contribution in [3.63, 3.8) is 0 Å². The van der Waals surface area contributed by atoms with Crippen molar-refractivity contribution >= 4 is 35.5 Å². The third-order valence-corrected chi connectivity index (χ3v) is 7.80. The first-order valence-corrected chi connectivity index (χ1v) is 15.2. The van der Waals surface area contributed by atoms with E-state index < -0.39 is 65.1 Å². The van der Waals surface area contributed by atoms with Crippen molar-refractivity contribution in [2.75, 3.05) is 6.54 Å². The number of rotatable bonds is 13. The van der Waals surface area contributed by atoms with E-state index in [9.17, 15) is 28.8 Å². The molecule has 0 aromatic rings. The summed E-state index contributed by atoms with van der Waals surface area (Å²) in [6.45, 7) is 13.0. The van der Waals surface area contributed by atoms with Crippen LogP contribution in [0.25, 0.3) is 0 Å². The number of amides is 5. The number of carbonyl (C=O) groups is 6. The van der Waals surface area contributed by atoms with Crippen LogP contribution in [0.1, 0.15) is 99.8 Å². The SMILES string of the molecule is CC(C)C[C@@H](C(=O)NC(CC1CCC1)C(=O)C(N)=O)N1CCCC[C@H](NC(=O)N[C@H](C(=O)OC(C)C)C(C)(C)C)C1=O. The molecule has 5 N–H and O–H groups in total. The van der Waals surface area contributed by atoms with Gasteiger partial charge in [-0.25, -0.2) is 9.59 Å². The van der Waals surface area contributed by atoms with Crippen LogP contribution in [-0.4, -0.2) is 77.2 Å². The van der Waals surface area contributed by atoms with E-state index in [1.807, 2.05) is 13.8 Å². The highest BCUT2D eigenvalue weighted by Gasteiger charge is 2.40. The highest BCUT2D eigenvalue weighted by molar-refractivity contribution is 6.37. The number of nitrogens with one attached hydrogen (secondary N) is 3. The summed E-state index contributed by atoms with van der Waals surface area (Å²) < 4.78 is 5.33. The van der Waals surface area contributed by atoms with Crippen molar-refractivity contribution in [1.82, 2.24) is 20.9 Å². The first kappa shape index (κ1) is 35.0. The minimum Gasteiger partial charge on any atom is -0.461 e. The second-order valence-corrected chi connectivity index (χ2v) is 13.5. The van der Waals surface area contributed by atoms with Crippen LogP contribution in [0.15, 0.2) is 0 Å². The lowest BCUT2D eigenvalue weighted by Gasteiger charge is -2.35. The van der Waals surface area contributed by atoms with Crippen molar-refractivity contribution in [1.29, 1.82) is 0 Å². The Hall–Kier alpha value is -3.18. The van der Waals surface area contributed by atoms with Gasteiger partial charge in [0, 0.05) is 6.54 Å². The van der Waals surface area contributed by atoms with Crippen LogP contribution in [0.5, 0.6) is 0 Å². The number of ether oxygens (including phenoxy) is 1. The quantitative estimate of drug-likeness (QED) is 0.187. The molecule has 12 heteroatoms. The van der Waals surface area contributed by atoms with E-state index in [4.69, 9.17) is 10.5 Å². The molecule has 1 saturated carbocycles. The van der Waals surface area contributed by atoms with Gasteiger partial charge in [-0.3, -0.25) is 19.2 Å². The van der Waals surface area contributed by atoms with Crippen molar-refractivity contribution in [2.24, 2.45) is 23.0 Å². The van der Waals surface area contributed by atoms with Crippen LogP contribution in [-0.2, 0) is 28.7 Å². The van der Waals surface area contributed by atoms with E-state index >= 15 is 0 Å². The third-order valence-electron chi connectivity index (χ3n) is 7.80. The number of Topliss-reactive ketones (excluding diaryl/α,β-unsaturated/α-hetero) is 1. The number of nitrogens with two attached hydrogens (primary N) is 1. The summed E-state index contributed by atoms with van der Waals surface area (Å²) >= 11 is 0. The molecule has 2 aliphatic rings. The summed E-state index contributed by atoms with van der Waals surface area (Å²) in [5.74, 6) is -3.21. The van der Waals surface area contributed by atoms with Crippen molar-refractivity contribution in [3.05, 3.63) is 0 Å². The summed E-state index contributed by atoms with van der Waals surface area (Å²) in [6.07, 6.45) is 4.76. The molecule has 12 nitrogen and oxygen atoms in total. The van der Waals surface area contributed by atoms with Gasteiger partial charge in [-0.2, -0.15) is 0 Å². The molecule has 1 aliphatic carbocycles. The van der Waals surface area contributed by atoms with Gasteiger partial charge >= 0.3 is 12.0 Å². The van der Waals surface area contributed by atoms with Crippen LogP contribution in [0.2, 0.25) is 0 Å². The molecule has 0 radical (unpaired) electrons. The number of esters is 1. The van der Waals surface area contributed by atoms with Gasteiger partial charge in [0.15, 0.2) is 0 Å². The van der Waals surface area contributed by atoms with Crippen LogP contribution in [0, 0.1) is 17.3 Å². The molecule has 0 bridgehead atoms. The number of likely N-dealkylation sites (tertiary alicyclic amines) is 1. The molecule has 238 valence electrons. The molecule has 0 spiro atoms. The van der Waals surface area contributed by atoms with Gasteiger partial charge in [0.1, 0.15) is 18.1 Å². The molecule has 0 aromatic carbocycles. The van der Waals surface area contributed by atoms with Crippen LogP contribution >= 0.6 is 0 Å². The maximum absolute atomic E-state index is 13.8. The zero-order valence-electron chi connectivity index (χ0n) is 26.3. The lowest BCUT2D eigenvalue weighted by molar-refractivity contribution is -0.152. The van der Waals surface area contributed by atoms with Gasteiger partial charge in [-0.15, -0.1) is 0 Å². The molecule has 2 fully saturated rings. The number of primary amides is 1. The normalized spacial score (nSPS) is 20.2. The van der Waals surface area contributed by atoms with E-state index in [-0.39, 0.29) is 17.9 Å². The van der Waals surface area contributed by atoms with E-state index in [0.717, 1.165) is 19.3 Å². The maximum Gasteiger partial charge on any atom is 0.329 e. The molecule has 2 rings (SSSR count). The minimum atomic E-state index is -1.10. The lowest BCUT2D eigenvalue weighted by Crippen LogP contribution is -2.60. The second-order valence-electron chi connectivity index (χ2n) is 13.5. The molecular formula is C30H51N5O7. The van der Waals surface area contributed by atoms with Crippen LogP contribution in [0.3, 0.4) is 0 Å². The van der Waals surface area contributed by atoms with Gasteiger partial charge in [0.25, 0.3) is 5.91 Å². The average Bonchev–Trinajstić information content (AvgIpc) is 3.01. The Morgan fingerprint density at radius 3 is 2.12 bits per heavy atom. The molecule has 4 atom stereocenters. The fraction of sp³-hybridized carbons (Fsp3) is 0.800. The zero-order chi connectivity index (χ0) is 31.8. The smallest absolute Gasteiger partial charge is 0.329 e. The van der Waals surface area contributed by atoms with Crippen LogP contribution < -0.4 is 21.7 Å². The fourth-order valence-corrected chi connectivity index (χ4v) is 5.32. The average molecular weight is 594 g/mol. The summed E-state index contributed by atoms with van der Waals surface area (Å²) in [7, 11) is 0. The fourth-order valence-electron chi connectivity index (χ4n) is 5.32. The number of ketones is 1. The summed E-state index contributed by atoms with van der Waals surface area (Å²) in [5.41, 5.74) is 4.63. The Morgan fingerprint density at radius 2 is 1.62 bits per heavy atom. The first-order chi connectivity index (χ1) is 19.5. The van der Waals surface area contributed by atoms with Crippen molar-refractivity contribution in [2.45, 2.75) is 130 Å². The Kier molecular flexibility index (Phi) is 12.8. The summed E-state index contributed by atoms with van der Waals surface area (Å²) in [5, 5.41) is 8.12. The van der Waals surface area contributed by atoms with E-state index in [2.05, 4.69) is 16.0 Å². The molecule has 1 saturated heterocycles. The third kappa shape index (κ3) is 10.3. The Bertz CT molecular complexity index is 1000. The standard InChI is InChI=1S/C30H51N5O7/c1-17(2)15-22(26(38)32-21(23(36)25(31)37)16-19-11-10-12-19)35-14-9-8-13-20(27(35)39)33-29(41)34-24(30(5,6)7)28(40)42-18(3)4/h17-22,24H,8-16H2,1-7H3,(H2,31,37)(H,32,38)(H2,33,34,41)/t20-,21?,22-,24+/m0/s1. The molecule has 1 aliphatic heterocycles. The Morgan fingerprint density at radius 1 is 0.976 bits per heavy atom. The molecular weight excluding hydrogens is 542 g/mol. The molecule has 5 amide bonds. The maximum atomic E-state index is 13.8. The van der Waals surface area contributed by atoms with E-state index in [0.29, 0.717) is 38.6 Å². The zero-order valence-corrected chi connectivity index (χ0v) is 26.3. The predicted octanol–water partition coefficient (Wildman–Crippen LogP) is 2.18. The number of hydrogen-bond donors (Lipinski definition) is 4. The largest absolute Gasteiger partial charge is 0.461 e. The monoisotopic (exact) mass is 593 g/mol. The topological polar surface area (TPSA) is 177 Å². The predicted molar refractivity (Wildman–Crippen MR) is 157 cm³/mol. The highest BCUT2D eigenvalue weighted by Crippen LogP contribution is 2.31. The highest BCUT2D eigenvalue weighted by atomic mass is 16.5. The first-order valence-electron chi connectivity index (χ1n) is 15.2. The molecule has 1 heterocycles. The number of nitrogens with zero attached hydrogens (tertiary/aromatic N) is 1. The summed E-state index contributed by atoms with van der Waals surface area (Å²) in [6, 6.07) is -4.51. The van der Waals surface area contributed by atoms with Crippen molar-refractivity contribution < 1.29 is 33.5 Å². The molecule has 1 unspecified atom stereocenters. The van der Waals surface area contributed by atoms with Gasteiger partial charge in [-0.05, 0) is 63.2 Å². The van der Waals surface area contributed by atoms with Gasteiger partial charge in [0.2, 0.25) is 17.6 Å². The molecule has 0 aromatic heterocycles. The number of hydrogen-bond acceptors (Lipinski definition) is 7. The number of carbonyl (C=O) groups excluding carboxylic acids is 6. The van der Waals surface area contributed by atoms with Gasteiger partial charge < -0.3 is 31.3 Å². The van der Waals surface area contributed by atoms with Crippen molar-refractivity contribution in [3.8, 4) is 0 Å². The van der Waals surface area contributed by atoms with Crippen LogP contribution in [0.4, 0.5) is 4.79 Å². The minimum absolute atomic E-state index is 0.0305. The Balaban J connectivity index is 2.22. The van der Waals surface area contributed by atoms with Gasteiger partial charge in [-0.1, -0.05) is 53.9 Å². The van der Waals surface area contributed by atoms with E-state index in [1.54, 1.807) is 34.6 Å². The lowest BCUT2D eigenvalue weighted by atomic mass is 9.80. The van der Waals surface area contributed by atoms with E-state index in [1.165, 1.54) is 4.90 Å². The molecule has 42 heavy (non-hydrogen) atoms. The number of urea groups is 1. The Labute approximate surface area is 249 Å². The second kappa shape index (κ2) is 15.3. The van der Waals surface area contributed by atoms with Gasteiger partial charge in [0.05, 0.1) is 12.1 Å². The summed E-state index contributed by atoms with van der Waals surface area (Å²) in [4.78, 5) is 79.0.